The lowest BCUT2D eigenvalue weighted by Crippen LogP contribution is -1.76. The zero-order valence-electron chi connectivity index (χ0n) is 8.10. The molecule has 15 heavy (non-hydrogen) atoms. The summed E-state index contributed by atoms with van der Waals surface area (Å²) in [4.78, 5) is 5.19. The standard InChI is InChI=1S/C11H8N2OS/c1-8-7-14-11(13-8)15-10-4-2-9(6-12)3-5-10/h2-5,7H,1H3. The number of rotatable bonds is 2. The third kappa shape index (κ3) is 2.39. The molecule has 0 aliphatic rings. The Bertz CT molecular complexity index is 496. The predicted molar refractivity (Wildman–Crippen MR) is 56.5 cm³/mol. The zero-order valence-corrected chi connectivity index (χ0v) is 8.91. The van der Waals surface area contributed by atoms with Gasteiger partial charge < -0.3 is 4.42 Å². The van der Waals surface area contributed by atoms with Crippen LogP contribution in [0.1, 0.15) is 11.3 Å². The van der Waals surface area contributed by atoms with Gasteiger partial charge in [-0.1, -0.05) is 0 Å². The lowest BCUT2D eigenvalue weighted by atomic mass is 10.2. The van der Waals surface area contributed by atoms with Crippen molar-refractivity contribution in [2.45, 2.75) is 17.0 Å². The van der Waals surface area contributed by atoms with Crippen LogP contribution in [0.5, 0.6) is 0 Å². The molecule has 74 valence electrons. The minimum absolute atomic E-state index is 0.622. The lowest BCUT2D eigenvalue weighted by Gasteiger charge is -1.95. The fourth-order valence-electron chi connectivity index (χ4n) is 1.08. The Balaban J connectivity index is 2.15. The molecule has 0 amide bonds. The van der Waals surface area contributed by atoms with Crippen LogP contribution in [0.2, 0.25) is 0 Å². The van der Waals surface area contributed by atoms with Crippen molar-refractivity contribution in [1.82, 2.24) is 4.98 Å². The van der Waals surface area contributed by atoms with E-state index >= 15 is 0 Å². The average Bonchev–Trinajstić information content (AvgIpc) is 2.65. The van der Waals surface area contributed by atoms with Gasteiger partial charge in [-0.05, 0) is 43.0 Å². The number of benzene rings is 1. The van der Waals surface area contributed by atoms with E-state index < -0.39 is 0 Å². The molecular weight excluding hydrogens is 208 g/mol. The van der Waals surface area contributed by atoms with E-state index in [4.69, 9.17) is 9.68 Å². The number of hydrogen-bond acceptors (Lipinski definition) is 4. The second-order valence-electron chi connectivity index (χ2n) is 2.99. The van der Waals surface area contributed by atoms with Gasteiger partial charge in [-0.3, -0.25) is 0 Å². The van der Waals surface area contributed by atoms with E-state index in [1.807, 2.05) is 19.1 Å². The molecule has 0 unspecified atom stereocenters. The molecule has 0 spiro atoms. The largest absolute Gasteiger partial charge is 0.439 e. The van der Waals surface area contributed by atoms with Gasteiger partial charge in [-0.2, -0.15) is 5.26 Å². The third-order valence-corrected chi connectivity index (χ3v) is 2.66. The van der Waals surface area contributed by atoms with Crippen molar-refractivity contribution < 1.29 is 4.42 Å². The van der Waals surface area contributed by atoms with Crippen molar-refractivity contribution in [1.29, 1.82) is 5.26 Å². The van der Waals surface area contributed by atoms with Crippen LogP contribution in [-0.4, -0.2) is 4.98 Å². The lowest BCUT2D eigenvalue weighted by molar-refractivity contribution is 0.454. The summed E-state index contributed by atoms with van der Waals surface area (Å²) in [5.41, 5.74) is 1.52. The number of aromatic nitrogens is 1. The molecule has 0 atom stereocenters. The fourth-order valence-corrected chi connectivity index (χ4v) is 1.84. The molecule has 0 saturated heterocycles. The van der Waals surface area contributed by atoms with E-state index in [1.54, 1.807) is 18.4 Å². The Hall–Kier alpha value is -1.73. The summed E-state index contributed by atoms with van der Waals surface area (Å²) in [7, 11) is 0. The van der Waals surface area contributed by atoms with Crippen molar-refractivity contribution in [3.63, 3.8) is 0 Å². The molecule has 4 heteroatoms. The summed E-state index contributed by atoms with van der Waals surface area (Å²) < 4.78 is 5.21. The van der Waals surface area contributed by atoms with Gasteiger partial charge in [-0.25, -0.2) is 4.98 Å². The number of hydrogen-bond donors (Lipinski definition) is 0. The van der Waals surface area contributed by atoms with Crippen molar-refractivity contribution in [3.8, 4) is 6.07 Å². The third-order valence-electron chi connectivity index (χ3n) is 1.79. The van der Waals surface area contributed by atoms with E-state index in [2.05, 4.69) is 11.1 Å². The summed E-state index contributed by atoms with van der Waals surface area (Å²) in [6.45, 7) is 1.88. The topological polar surface area (TPSA) is 49.8 Å². The zero-order chi connectivity index (χ0) is 10.7. The Morgan fingerprint density at radius 2 is 2.07 bits per heavy atom. The highest BCUT2D eigenvalue weighted by molar-refractivity contribution is 7.99. The maximum atomic E-state index is 8.63. The number of nitriles is 1. The van der Waals surface area contributed by atoms with Crippen molar-refractivity contribution in [3.05, 3.63) is 41.8 Å². The van der Waals surface area contributed by atoms with Crippen LogP contribution in [0, 0.1) is 18.3 Å². The minimum Gasteiger partial charge on any atom is -0.439 e. The van der Waals surface area contributed by atoms with E-state index in [0.717, 1.165) is 10.6 Å². The smallest absolute Gasteiger partial charge is 0.260 e. The van der Waals surface area contributed by atoms with E-state index in [0.29, 0.717) is 10.8 Å². The van der Waals surface area contributed by atoms with Crippen LogP contribution < -0.4 is 0 Å². The van der Waals surface area contributed by atoms with E-state index in [1.165, 1.54) is 11.8 Å². The summed E-state index contributed by atoms with van der Waals surface area (Å²) in [5.74, 6) is 0. The highest BCUT2D eigenvalue weighted by Crippen LogP contribution is 2.26. The highest BCUT2D eigenvalue weighted by Gasteiger charge is 2.03. The molecule has 2 rings (SSSR count). The van der Waals surface area contributed by atoms with Gasteiger partial charge in [-0.15, -0.1) is 0 Å². The van der Waals surface area contributed by atoms with Crippen LogP contribution in [0.3, 0.4) is 0 Å². The van der Waals surface area contributed by atoms with Crippen molar-refractivity contribution >= 4 is 11.8 Å². The van der Waals surface area contributed by atoms with Crippen molar-refractivity contribution in [2.75, 3.05) is 0 Å². The Morgan fingerprint density at radius 3 is 2.60 bits per heavy atom. The Labute approximate surface area is 91.7 Å². The van der Waals surface area contributed by atoms with Crippen LogP contribution in [0.15, 0.2) is 45.1 Å². The minimum atomic E-state index is 0.622. The summed E-state index contributed by atoms with van der Waals surface area (Å²) >= 11 is 1.44. The predicted octanol–water partition coefficient (Wildman–Crippen LogP) is 3.01. The number of oxazole rings is 1. The molecule has 2 aromatic rings. The second kappa shape index (κ2) is 4.20. The van der Waals surface area contributed by atoms with Crippen LogP contribution >= 0.6 is 11.8 Å². The first kappa shape index (κ1) is 9.81. The van der Waals surface area contributed by atoms with Crippen LogP contribution in [0.4, 0.5) is 0 Å². The molecule has 3 nitrogen and oxygen atoms in total. The first-order chi connectivity index (χ1) is 7.28. The molecule has 0 saturated carbocycles. The summed E-state index contributed by atoms with van der Waals surface area (Å²) in [5, 5.41) is 9.26. The monoisotopic (exact) mass is 216 g/mol. The quantitative estimate of drug-likeness (QED) is 0.774. The SMILES string of the molecule is Cc1coc(Sc2ccc(C#N)cc2)n1. The van der Waals surface area contributed by atoms with Gasteiger partial charge in [0.15, 0.2) is 0 Å². The second-order valence-corrected chi connectivity index (χ2v) is 4.02. The molecule has 0 aliphatic heterocycles. The Kier molecular flexibility index (Phi) is 2.75. The van der Waals surface area contributed by atoms with E-state index in [9.17, 15) is 0 Å². The van der Waals surface area contributed by atoms with E-state index in [-0.39, 0.29) is 0 Å². The Morgan fingerprint density at radius 1 is 1.33 bits per heavy atom. The molecule has 0 N–H and O–H groups in total. The maximum Gasteiger partial charge on any atom is 0.260 e. The van der Waals surface area contributed by atoms with Crippen LogP contribution in [0.25, 0.3) is 0 Å². The number of nitrogens with zero attached hydrogens (tertiary/aromatic N) is 2. The molecule has 1 aromatic heterocycles. The van der Waals surface area contributed by atoms with Crippen LogP contribution in [-0.2, 0) is 0 Å². The van der Waals surface area contributed by atoms with Gasteiger partial charge in [0, 0.05) is 4.90 Å². The summed E-state index contributed by atoms with van der Waals surface area (Å²) in [6, 6.07) is 9.38. The molecule has 1 aromatic carbocycles. The first-order valence-electron chi connectivity index (χ1n) is 4.38. The normalized spacial score (nSPS) is 9.87. The first-order valence-corrected chi connectivity index (χ1v) is 5.20. The summed E-state index contributed by atoms with van der Waals surface area (Å²) in [6.07, 6.45) is 1.62. The van der Waals surface area contributed by atoms with Gasteiger partial charge in [0.25, 0.3) is 5.22 Å². The van der Waals surface area contributed by atoms with Gasteiger partial charge in [0.1, 0.15) is 6.26 Å². The molecule has 0 aliphatic carbocycles. The molecule has 0 radical (unpaired) electrons. The fraction of sp³-hybridized carbons (Fsp3) is 0.0909. The van der Waals surface area contributed by atoms with Gasteiger partial charge >= 0.3 is 0 Å². The highest BCUT2D eigenvalue weighted by atomic mass is 32.2. The average molecular weight is 216 g/mol. The maximum absolute atomic E-state index is 8.63. The van der Waals surface area contributed by atoms with Gasteiger partial charge in [0.2, 0.25) is 0 Å². The molecule has 0 bridgehead atoms. The molecule has 0 fully saturated rings. The van der Waals surface area contributed by atoms with Gasteiger partial charge in [0.05, 0.1) is 17.3 Å². The molecular formula is C11H8N2OS. The number of aryl methyl sites for hydroxylation is 1. The van der Waals surface area contributed by atoms with Crippen molar-refractivity contribution in [2.24, 2.45) is 0 Å². The molecule has 1 heterocycles.